The highest BCUT2D eigenvalue weighted by molar-refractivity contribution is 7.91. The average molecular weight is 307 g/mol. The summed E-state index contributed by atoms with van der Waals surface area (Å²) in [6.07, 6.45) is 3.25. The maximum atomic E-state index is 12.3. The van der Waals surface area contributed by atoms with Crippen molar-refractivity contribution in [3.63, 3.8) is 0 Å². The van der Waals surface area contributed by atoms with E-state index in [1.54, 1.807) is 38.4 Å². The summed E-state index contributed by atoms with van der Waals surface area (Å²) in [6, 6.07) is 5.86. The molecule has 1 aromatic carbocycles. The summed E-state index contributed by atoms with van der Waals surface area (Å²) in [6.45, 7) is 3.32. The third kappa shape index (κ3) is 3.30. The molecule has 21 heavy (non-hydrogen) atoms. The monoisotopic (exact) mass is 307 g/mol. The first kappa shape index (κ1) is 15.2. The average Bonchev–Trinajstić information content (AvgIpc) is 3.01. The number of imidazole rings is 1. The Labute approximate surface area is 123 Å². The zero-order valence-electron chi connectivity index (χ0n) is 11.8. The van der Waals surface area contributed by atoms with Crippen LogP contribution in [0.5, 0.6) is 0 Å². The van der Waals surface area contributed by atoms with Crippen molar-refractivity contribution in [3.8, 4) is 0 Å². The SMILES string of the molecule is CCS(=O)(=O)c1ccccc1C(=O)NC(C)c1ncc[nH]1. The number of aromatic nitrogens is 2. The van der Waals surface area contributed by atoms with E-state index in [0.717, 1.165) is 0 Å². The smallest absolute Gasteiger partial charge is 0.253 e. The summed E-state index contributed by atoms with van der Waals surface area (Å²) >= 11 is 0. The molecule has 0 bridgehead atoms. The minimum absolute atomic E-state index is 0.0506. The molecule has 0 radical (unpaired) electrons. The van der Waals surface area contributed by atoms with Crippen LogP contribution >= 0.6 is 0 Å². The Balaban J connectivity index is 2.28. The Morgan fingerprint density at radius 3 is 2.71 bits per heavy atom. The number of nitrogens with one attached hydrogen (secondary N) is 2. The number of sulfone groups is 1. The van der Waals surface area contributed by atoms with Gasteiger partial charge in [-0.2, -0.15) is 0 Å². The minimum Gasteiger partial charge on any atom is -0.347 e. The van der Waals surface area contributed by atoms with E-state index in [1.165, 1.54) is 12.1 Å². The second kappa shape index (κ2) is 6.09. The normalized spacial score (nSPS) is 12.9. The lowest BCUT2D eigenvalue weighted by molar-refractivity contribution is 0.0935. The Hall–Kier alpha value is -2.15. The van der Waals surface area contributed by atoms with Crippen LogP contribution in [-0.2, 0) is 9.84 Å². The van der Waals surface area contributed by atoms with Crippen molar-refractivity contribution in [1.29, 1.82) is 0 Å². The van der Waals surface area contributed by atoms with Gasteiger partial charge in [-0.05, 0) is 19.1 Å². The number of benzene rings is 1. The number of nitrogens with zero attached hydrogens (tertiary/aromatic N) is 1. The van der Waals surface area contributed by atoms with E-state index in [9.17, 15) is 13.2 Å². The van der Waals surface area contributed by atoms with Crippen LogP contribution in [0.3, 0.4) is 0 Å². The molecule has 7 heteroatoms. The van der Waals surface area contributed by atoms with Crippen LogP contribution in [0.1, 0.15) is 36.1 Å². The minimum atomic E-state index is -3.45. The fourth-order valence-corrected chi connectivity index (χ4v) is 3.03. The van der Waals surface area contributed by atoms with E-state index in [4.69, 9.17) is 0 Å². The van der Waals surface area contributed by atoms with E-state index in [2.05, 4.69) is 15.3 Å². The lowest BCUT2D eigenvalue weighted by Gasteiger charge is -2.13. The topological polar surface area (TPSA) is 91.9 Å². The number of aromatic amines is 1. The lowest BCUT2D eigenvalue weighted by atomic mass is 10.2. The Bertz CT molecular complexity index is 724. The molecule has 0 saturated heterocycles. The van der Waals surface area contributed by atoms with E-state index >= 15 is 0 Å². The van der Waals surface area contributed by atoms with Gasteiger partial charge in [-0.15, -0.1) is 0 Å². The largest absolute Gasteiger partial charge is 0.347 e. The van der Waals surface area contributed by atoms with Gasteiger partial charge < -0.3 is 10.3 Å². The predicted molar refractivity (Wildman–Crippen MR) is 78.6 cm³/mol. The zero-order chi connectivity index (χ0) is 15.5. The van der Waals surface area contributed by atoms with Gasteiger partial charge in [0.1, 0.15) is 5.82 Å². The maximum Gasteiger partial charge on any atom is 0.253 e. The molecule has 1 aromatic heterocycles. The Kier molecular flexibility index (Phi) is 4.42. The van der Waals surface area contributed by atoms with Crippen molar-refractivity contribution in [3.05, 3.63) is 48.0 Å². The highest BCUT2D eigenvalue weighted by atomic mass is 32.2. The summed E-state index contributed by atoms with van der Waals surface area (Å²) in [5, 5.41) is 2.74. The molecule has 0 saturated carbocycles. The van der Waals surface area contributed by atoms with E-state index in [-0.39, 0.29) is 22.3 Å². The van der Waals surface area contributed by atoms with Gasteiger partial charge in [0, 0.05) is 12.4 Å². The molecule has 1 atom stereocenters. The van der Waals surface area contributed by atoms with Gasteiger partial charge in [-0.1, -0.05) is 19.1 Å². The van der Waals surface area contributed by atoms with Crippen LogP contribution in [0.25, 0.3) is 0 Å². The van der Waals surface area contributed by atoms with Crippen LogP contribution in [0.15, 0.2) is 41.6 Å². The van der Waals surface area contributed by atoms with Crippen LogP contribution in [0.4, 0.5) is 0 Å². The molecule has 0 aliphatic heterocycles. The molecule has 0 aliphatic carbocycles. The molecule has 0 spiro atoms. The molecule has 2 aromatic rings. The molecule has 1 unspecified atom stereocenters. The second-order valence-electron chi connectivity index (χ2n) is 4.57. The predicted octanol–water partition coefficient (Wildman–Crippen LogP) is 1.69. The number of carbonyl (C=O) groups excluding carboxylic acids is 1. The van der Waals surface area contributed by atoms with Gasteiger partial charge in [0.15, 0.2) is 9.84 Å². The first-order valence-electron chi connectivity index (χ1n) is 6.57. The fraction of sp³-hybridized carbons (Fsp3) is 0.286. The molecular formula is C14H17N3O3S. The number of hydrogen-bond donors (Lipinski definition) is 2. The molecule has 1 heterocycles. The van der Waals surface area contributed by atoms with Crippen molar-refractivity contribution in [2.45, 2.75) is 24.8 Å². The van der Waals surface area contributed by atoms with Crippen LogP contribution in [-0.4, -0.2) is 30.0 Å². The molecule has 112 valence electrons. The van der Waals surface area contributed by atoms with Crippen molar-refractivity contribution >= 4 is 15.7 Å². The quantitative estimate of drug-likeness (QED) is 0.879. The standard InChI is InChI=1S/C14H17N3O3S/c1-3-21(19,20)12-7-5-4-6-11(12)14(18)17-10(2)13-15-8-9-16-13/h4-10H,3H2,1-2H3,(H,15,16)(H,17,18). The summed E-state index contributed by atoms with van der Waals surface area (Å²) in [7, 11) is -3.45. The van der Waals surface area contributed by atoms with Crippen molar-refractivity contribution < 1.29 is 13.2 Å². The van der Waals surface area contributed by atoms with Crippen LogP contribution in [0, 0.1) is 0 Å². The first-order valence-corrected chi connectivity index (χ1v) is 8.23. The molecule has 2 rings (SSSR count). The number of carbonyl (C=O) groups is 1. The Morgan fingerprint density at radius 1 is 1.38 bits per heavy atom. The molecule has 0 aliphatic rings. The van der Waals surface area contributed by atoms with Gasteiger partial charge in [0.05, 0.1) is 22.3 Å². The van der Waals surface area contributed by atoms with Crippen molar-refractivity contribution in [2.24, 2.45) is 0 Å². The van der Waals surface area contributed by atoms with Gasteiger partial charge >= 0.3 is 0 Å². The third-order valence-corrected chi connectivity index (χ3v) is 4.91. The third-order valence-electron chi connectivity index (χ3n) is 3.12. The Morgan fingerprint density at radius 2 is 2.10 bits per heavy atom. The van der Waals surface area contributed by atoms with Crippen LogP contribution in [0.2, 0.25) is 0 Å². The van der Waals surface area contributed by atoms with Gasteiger partial charge in [0.2, 0.25) is 0 Å². The number of hydrogen-bond acceptors (Lipinski definition) is 4. The van der Waals surface area contributed by atoms with Crippen LogP contribution < -0.4 is 5.32 Å². The summed E-state index contributed by atoms with van der Waals surface area (Å²) < 4.78 is 24.1. The molecule has 0 fully saturated rings. The number of H-pyrrole nitrogens is 1. The number of amides is 1. The summed E-state index contributed by atoms with van der Waals surface area (Å²) in [5.74, 6) is 0.121. The molecule has 6 nitrogen and oxygen atoms in total. The first-order chi connectivity index (χ1) is 9.95. The van der Waals surface area contributed by atoms with Gasteiger partial charge in [0.25, 0.3) is 5.91 Å². The van der Waals surface area contributed by atoms with Crippen molar-refractivity contribution in [2.75, 3.05) is 5.75 Å². The molecule has 2 N–H and O–H groups in total. The lowest BCUT2D eigenvalue weighted by Crippen LogP contribution is -2.28. The van der Waals surface area contributed by atoms with E-state index < -0.39 is 15.7 Å². The fourth-order valence-electron chi connectivity index (χ4n) is 1.94. The van der Waals surface area contributed by atoms with E-state index in [1.807, 2.05) is 0 Å². The van der Waals surface area contributed by atoms with Gasteiger partial charge in [-0.3, -0.25) is 4.79 Å². The molecule has 1 amide bonds. The molecular weight excluding hydrogens is 290 g/mol. The highest BCUT2D eigenvalue weighted by Crippen LogP contribution is 2.18. The highest BCUT2D eigenvalue weighted by Gasteiger charge is 2.22. The van der Waals surface area contributed by atoms with Crippen molar-refractivity contribution in [1.82, 2.24) is 15.3 Å². The zero-order valence-corrected chi connectivity index (χ0v) is 12.6. The number of rotatable bonds is 5. The second-order valence-corrected chi connectivity index (χ2v) is 6.82. The maximum absolute atomic E-state index is 12.3. The van der Waals surface area contributed by atoms with E-state index in [0.29, 0.717) is 5.82 Å². The summed E-state index contributed by atoms with van der Waals surface area (Å²) in [5.41, 5.74) is 0.151. The van der Waals surface area contributed by atoms with Gasteiger partial charge in [-0.25, -0.2) is 13.4 Å². The summed E-state index contributed by atoms with van der Waals surface area (Å²) in [4.78, 5) is 19.3.